The molecule has 0 saturated heterocycles. The molecule has 0 unspecified atom stereocenters. The lowest BCUT2D eigenvalue weighted by atomic mass is 10.2. The lowest BCUT2D eigenvalue weighted by Gasteiger charge is -2.16. The number of likely N-dealkylation sites (N-methyl/N-ethyl adjacent to an activating group) is 1. The molecule has 2 rings (SSSR count). The van der Waals surface area contributed by atoms with Crippen molar-refractivity contribution in [1.29, 1.82) is 0 Å². The van der Waals surface area contributed by atoms with E-state index < -0.39 is 0 Å². The van der Waals surface area contributed by atoms with Crippen LogP contribution in [0.25, 0.3) is 0 Å². The molecule has 2 aromatic rings. The second-order valence-corrected chi connectivity index (χ2v) is 7.01. The molecular weight excluding hydrogens is 442 g/mol. The van der Waals surface area contributed by atoms with Crippen molar-refractivity contribution in [2.45, 2.75) is 20.1 Å². The van der Waals surface area contributed by atoms with Crippen LogP contribution in [0.3, 0.4) is 0 Å². The van der Waals surface area contributed by atoms with Crippen molar-refractivity contribution in [3.63, 3.8) is 0 Å². The summed E-state index contributed by atoms with van der Waals surface area (Å²) in [4.78, 5) is 2.14. The molecular formula is C20H28Cl4N2O2. The standard InChI is InChI=1S/C20H26Cl2N2O2.2ClH/c1-4-25-19-12-15(13-23-9-10-24(2)3)11-18(22)20(19)26-14-16-7-5-6-8-17(16)21;;/h5-8,11-12,23H,4,9-10,13-14H2,1-3H3;2*1H. The van der Waals surface area contributed by atoms with E-state index in [9.17, 15) is 0 Å². The predicted octanol–water partition coefficient (Wildman–Crippen LogP) is 5.47. The van der Waals surface area contributed by atoms with Gasteiger partial charge in [0.2, 0.25) is 0 Å². The Hall–Kier alpha value is -0.880. The van der Waals surface area contributed by atoms with E-state index in [1.54, 1.807) is 0 Å². The van der Waals surface area contributed by atoms with Crippen molar-refractivity contribution in [2.75, 3.05) is 33.8 Å². The van der Waals surface area contributed by atoms with Crippen LogP contribution in [0, 0.1) is 0 Å². The van der Waals surface area contributed by atoms with E-state index in [1.165, 1.54) is 0 Å². The summed E-state index contributed by atoms with van der Waals surface area (Å²) in [7, 11) is 4.10. The van der Waals surface area contributed by atoms with E-state index in [0.29, 0.717) is 34.8 Å². The number of hydrogen-bond donors (Lipinski definition) is 1. The molecule has 0 spiro atoms. The van der Waals surface area contributed by atoms with E-state index >= 15 is 0 Å². The van der Waals surface area contributed by atoms with Gasteiger partial charge in [-0.1, -0.05) is 41.4 Å². The van der Waals surface area contributed by atoms with Gasteiger partial charge in [0.25, 0.3) is 0 Å². The van der Waals surface area contributed by atoms with Gasteiger partial charge in [-0.25, -0.2) is 0 Å². The highest BCUT2D eigenvalue weighted by atomic mass is 35.5. The molecule has 0 saturated carbocycles. The number of nitrogens with one attached hydrogen (secondary N) is 1. The summed E-state index contributed by atoms with van der Waals surface area (Å²) >= 11 is 12.7. The maximum absolute atomic E-state index is 6.47. The van der Waals surface area contributed by atoms with Crippen LogP contribution in [0.1, 0.15) is 18.1 Å². The maximum Gasteiger partial charge on any atom is 0.180 e. The highest BCUT2D eigenvalue weighted by Crippen LogP contribution is 2.37. The molecule has 0 aliphatic rings. The number of rotatable bonds is 10. The zero-order valence-electron chi connectivity index (χ0n) is 16.3. The molecule has 0 aliphatic carbocycles. The molecule has 158 valence electrons. The SMILES string of the molecule is CCOc1cc(CNCCN(C)C)cc(Cl)c1OCc1ccccc1Cl.Cl.Cl. The van der Waals surface area contributed by atoms with Gasteiger partial charge in [0.15, 0.2) is 11.5 Å². The summed E-state index contributed by atoms with van der Waals surface area (Å²) in [6.45, 7) is 5.41. The molecule has 0 radical (unpaired) electrons. The molecule has 8 heteroatoms. The zero-order chi connectivity index (χ0) is 18.9. The fourth-order valence-corrected chi connectivity index (χ4v) is 2.91. The molecule has 2 aromatic carbocycles. The number of halogens is 4. The third-order valence-electron chi connectivity index (χ3n) is 3.76. The fourth-order valence-electron chi connectivity index (χ4n) is 2.43. The summed E-state index contributed by atoms with van der Waals surface area (Å²) in [5, 5.41) is 4.60. The summed E-state index contributed by atoms with van der Waals surface area (Å²) in [5.74, 6) is 1.20. The van der Waals surface area contributed by atoms with Gasteiger partial charge >= 0.3 is 0 Å². The number of ether oxygens (including phenoxy) is 2. The third-order valence-corrected chi connectivity index (χ3v) is 4.41. The lowest BCUT2D eigenvalue weighted by Crippen LogP contribution is -2.26. The Labute approximate surface area is 190 Å². The minimum atomic E-state index is 0. The van der Waals surface area contributed by atoms with Crippen LogP contribution in [0.5, 0.6) is 11.5 Å². The molecule has 4 nitrogen and oxygen atoms in total. The molecule has 1 N–H and O–H groups in total. The Balaban J connectivity index is 0.00000364. The van der Waals surface area contributed by atoms with E-state index in [2.05, 4.69) is 24.3 Å². The van der Waals surface area contributed by atoms with Gasteiger partial charge in [-0.15, -0.1) is 24.8 Å². The number of hydrogen-bond acceptors (Lipinski definition) is 4. The maximum atomic E-state index is 6.47. The van der Waals surface area contributed by atoms with E-state index in [4.69, 9.17) is 32.7 Å². The minimum absolute atomic E-state index is 0. The van der Waals surface area contributed by atoms with E-state index in [0.717, 1.165) is 30.8 Å². The highest BCUT2D eigenvalue weighted by Gasteiger charge is 2.13. The summed E-state index contributed by atoms with van der Waals surface area (Å²) < 4.78 is 11.7. The molecule has 0 fully saturated rings. The van der Waals surface area contributed by atoms with Crippen molar-refractivity contribution in [3.8, 4) is 11.5 Å². The van der Waals surface area contributed by atoms with Crippen molar-refractivity contribution in [3.05, 3.63) is 57.6 Å². The quantitative estimate of drug-likeness (QED) is 0.468. The van der Waals surface area contributed by atoms with Crippen LogP contribution < -0.4 is 14.8 Å². The molecule has 0 bridgehead atoms. The fraction of sp³-hybridized carbons (Fsp3) is 0.400. The second-order valence-electron chi connectivity index (χ2n) is 6.20. The minimum Gasteiger partial charge on any atom is -0.490 e. The summed E-state index contributed by atoms with van der Waals surface area (Å²) in [6.07, 6.45) is 0. The first-order valence-electron chi connectivity index (χ1n) is 8.68. The monoisotopic (exact) mass is 468 g/mol. The second kappa shape index (κ2) is 14.2. The van der Waals surface area contributed by atoms with E-state index in [-0.39, 0.29) is 24.8 Å². The molecule has 0 amide bonds. The van der Waals surface area contributed by atoms with E-state index in [1.807, 2.05) is 43.3 Å². The zero-order valence-corrected chi connectivity index (χ0v) is 19.5. The molecule has 0 heterocycles. The van der Waals surface area contributed by atoms with Gasteiger partial charge in [0.1, 0.15) is 6.61 Å². The van der Waals surface area contributed by atoms with Crippen molar-refractivity contribution >= 4 is 48.0 Å². The average Bonchev–Trinajstić information content (AvgIpc) is 2.59. The Bertz CT molecular complexity index is 715. The molecule has 0 aromatic heterocycles. The summed E-state index contributed by atoms with van der Waals surface area (Å²) in [5.41, 5.74) is 1.96. The van der Waals surface area contributed by atoms with Crippen LogP contribution in [0.15, 0.2) is 36.4 Å². The number of benzene rings is 2. The average molecular weight is 470 g/mol. The van der Waals surface area contributed by atoms with Crippen LogP contribution >= 0.6 is 48.0 Å². The Kier molecular flexibility index (Phi) is 13.7. The van der Waals surface area contributed by atoms with Crippen molar-refractivity contribution < 1.29 is 9.47 Å². The van der Waals surface area contributed by atoms with Gasteiger partial charge in [-0.2, -0.15) is 0 Å². The van der Waals surface area contributed by atoms with Crippen molar-refractivity contribution in [1.82, 2.24) is 10.2 Å². The lowest BCUT2D eigenvalue weighted by molar-refractivity contribution is 0.269. The van der Waals surface area contributed by atoms with Crippen LogP contribution in [0.4, 0.5) is 0 Å². The first kappa shape index (κ1) is 27.1. The Morgan fingerprint density at radius 3 is 2.36 bits per heavy atom. The number of nitrogens with zero attached hydrogens (tertiary/aromatic N) is 1. The highest BCUT2D eigenvalue weighted by molar-refractivity contribution is 6.32. The van der Waals surface area contributed by atoms with Crippen LogP contribution in [-0.4, -0.2) is 38.7 Å². The largest absolute Gasteiger partial charge is 0.490 e. The Morgan fingerprint density at radius 1 is 1.00 bits per heavy atom. The normalized spacial score (nSPS) is 10.2. The Morgan fingerprint density at radius 2 is 1.71 bits per heavy atom. The first-order valence-corrected chi connectivity index (χ1v) is 9.43. The van der Waals surface area contributed by atoms with Gasteiger partial charge in [-0.3, -0.25) is 0 Å². The smallest absolute Gasteiger partial charge is 0.180 e. The van der Waals surface area contributed by atoms with Crippen LogP contribution in [0.2, 0.25) is 10.0 Å². The predicted molar refractivity (Wildman–Crippen MR) is 123 cm³/mol. The van der Waals surface area contributed by atoms with Gasteiger partial charge in [0, 0.05) is 30.2 Å². The molecule has 0 atom stereocenters. The first-order chi connectivity index (χ1) is 12.5. The summed E-state index contributed by atoms with van der Waals surface area (Å²) in [6, 6.07) is 11.5. The van der Waals surface area contributed by atoms with Crippen molar-refractivity contribution in [2.24, 2.45) is 0 Å². The van der Waals surface area contributed by atoms with Crippen LogP contribution in [-0.2, 0) is 13.2 Å². The van der Waals surface area contributed by atoms with Gasteiger partial charge < -0.3 is 19.7 Å². The third kappa shape index (κ3) is 8.64. The molecule has 0 aliphatic heterocycles. The van der Waals surface area contributed by atoms with Gasteiger partial charge in [0.05, 0.1) is 11.6 Å². The van der Waals surface area contributed by atoms with Gasteiger partial charge in [-0.05, 0) is 44.8 Å². The topological polar surface area (TPSA) is 33.7 Å². The molecule has 28 heavy (non-hydrogen) atoms.